The van der Waals surface area contributed by atoms with Crippen LogP contribution in [0.1, 0.15) is 10.5 Å². The lowest BCUT2D eigenvalue weighted by atomic mass is 10.3. The van der Waals surface area contributed by atoms with Crippen LogP contribution in [0.3, 0.4) is 0 Å². The quantitative estimate of drug-likeness (QED) is 0.750. The second-order valence-corrected chi connectivity index (χ2v) is 5.43. The van der Waals surface area contributed by atoms with Crippen molar-refractivity contribution in [1.29, 1.82) is 0 Å². The number of rotatable bonds is 3. The maximum Gasteiger partial charge on any atom is 0.357 e. The van der Waals surface area contributed by atoms with Crippen LogP contribution < -0.4 is 5.32 Å². The van der Waals surface area contributed by atoms with Crippen molar-refractivity contribution in [3.63, 3.8) is 0 Å². The van der Waals surface area contributed by atoms with Crippen molar-refractivity contribution in [1.82, 2.24) is 9.97 Å². The molecule has 1 aromatic carbocycles. The highest BCUT2D eigenvalue weighted by Gasteiger charge is 2.10. The Bertz CT molecular complexity index is 735. The van der Waals surface area contributed by atoms with Crippen molar-refractivity contribution >= 4 is 49.7 Å². The summed E-state index contributed by atoms with van der Waals surface area (Å²) in [5, 5.41) is 5.49. The van der Waals surface area contributed by atoms with Gasteiger partial charge in [0.1, 0.15) is 0 Å². The summed E-state index contributed by atoms with van der Waals surface area (Å²) in [7, 11) is 1.34. The highest BCUT2D eigenvalue weighted by Crippen LogP contribution is 2.26. The zero-order valence-electron chi connectivity index (χ0n) is 9.91. The standard InChI is InChI=1S/C12H9N3O2S2/c1-17-11(16)9-5-18-12(15-9)14-7-2-3-8-10(4-7)19-6-13-8/h2-6H,1H3,(H,14,15). The van der Waals surface area contributed by atoms with Crippen molar-refractivity contribution in [3.05, 3.63) is 34.8 Å². The first-order valence-corrected chi connectivity index (χ1v) is 7.16. The fraction of sp³-hybridized carbons (Fsp3) is 0.0833. The van der Waals surface area contributed by atoms with Gasteiger partial charge in [0.15, 0.2) is 10.8 Å². The van der Waals surface area contributed by atoms with Crippen LogP contribution in [-0.2, 0) is 4.74 Å². The third-order valence-corrected chi connectivity index (χ3v) is 4.03. The van der Waals surface area contributed by atoms with Gasteiger partial charge >= 0.3 is 5.97 Å². The molecule has 1 N–H and O–H groups in total. The molecule has 0 unspecified atom stereocenters. The summed E-state index contributed by atoms with van der Waals surface area (Å²) in [4.78, 5) is 19.7. The van der Waals surface area contributed by atoms with E-state index >= 15 is 0 Å². The summed E-state index contributed by atoms with van der Waals surface area (Å²) in [5.41, 5.74) is 4.02. The molecule has 3 rings (SSSR count). The monoisotopic (exact) mass is 291 g/mol. The molecule has 0 saturated heterocycles. The van der Waals surface area contributed by atoms with Crippen LogP contribution in [0, 0.1) is 0 Å². The maximum absolute atomic E-state index is 11.3. The molecule has 0 aliphatic heterocycles. The number of hydrogen-bond donors (Lipinski definition) is 1. The van der Waals surface area contributed by atoms with Gasteiger partial charge in [0.05, 0.1) is 22.8 Å². The Morgan fingerprint density at radius 2 is 2.26 bits per heavy atom. The average molecular weight is 291 g/mol. The predicted octanol–water partition coefficient (Wildman–Crippen LogP) is 3.28. The number of nitrogens with one attached hydrogen (secondary N) is 1. The fourth-order valence-electron chi connectivity index (χ4n) is 1.59. The maximum atomic E-state index is 11.3. The minimum Gasteiger partial charge on any atom is -0.464 e. The van der Waals surface area contributed by atoms with Crippen molar-refractivity contribution in [2.75, 3.05) is 12.4 Å². The number of aromatic nitrogens is 2. The average Bonchev–Trinajstić information content (AvgIpc) is 3.06. The number of carbonyl (C=O) groups excluding carboxylic acids is 1. The van der Waals surface area contributed by atoms with Crippen molar-refractivity contribution in [2.24, 2.45) is 0 Å². The summed E-state index contributed by atoms with van der Waals surface area (Å²) < 4.78 is 5.72. The molecule has 2 aromatic heterocycles. The smallest absolute Gasteiger partial charge is 0.357 e. The van der Waals surface area contributed by atoms with Crippen molar-refractivity contribution < 1.29 is 9.53 Å². The van der Waals surface area contributed by atoms with Gasteiger partial charge in [-0.2, -0.15) is 0 Å². The van der Waals surface area contributed by atoms with Gasteiger partial charge < -0.3 is 10.1 Å². The number of ether oxygens (including phenoxy) is 1. The Labute approximate surface area is 116 Å². The van der Waals surface area contributed by atoms with Gasteiger partial charge in [-0.05, 0) is 18.2 Å². The van der Waals surface area contributed by atoms with E-state index < -0.39 is 5.97 Å². The summed E-state index contributed by atoms with van der Waals surface area (Å²) >= 11 is 2.94. The first-order chi connectivity index (χ1) is 9.26. The van der Waals surface area contributed by atoms with Gasteiger partial charge in [0.2, 0.25) is 0 Å². The zero-order valence-corrected chi connectivity index (χ0v) is 11.5. The third-order valence-electron chi connectivity index (χ3n) is 2.48. The summed E-state index contributed by atoms with van der Waals surface area (Å²) in [6.07, 6.45) is 0. The van der Waals surface area contributed by atoms with Gasteiger partial charge in [-0.15, -0.1) is 22.7 Å². The fourth-order valence-corrected chi connectivity index (χ4v) is 3.00. The number of anilines is 2. The minimum atomic E-state index is -0.429. The summed E-state index contributed by atoms with van der Waals surface area (Å²) in [5.74, 6) is -0.429. The molecule has 0 amide bonds. The highest BCUT2D eigenvalue weighted by molar-refractivity contribution is 7.16. The van der Waals surface area contributed by atoms with Crippen LogP contribution in [-0.4, -0.2) is 23.0 Å². The number of benzene rings is 1. The lowest BCUT2D eigenvalue weighted by Crippen LogP contribution is -2.01. The molecule has 0 saturated carbocycles. The van der Waals surface area contributed by atoms with Gasteiger partial charge in [0.25, 0.3) is 0 Å². The molecule has 0 aliphatic carbocycles. The van der Waals surface area contributed by atoms with Crippen molar-refractivity contribution in [3.8, 4) is 0 Å². The van der Waals surface area contributed by atoms with Crippen LogP contribution >= 0.6 is 22.7 Å². The van der Waals surface area contributed by atoms with Crippen molar-refractivity contribution in [2.45, 2.75) is 0 Å². The van der Waals surface area contributed by atoms with Gasteiger partial charge in [-0.25, -0.2) is 14.8 Å². The molecule has 0 spiro atoms. The molecular formula is C12H9N3O2S2. The van der Waals surface area contributed by atoms with Crippen LogP contribution in [0.25, 0.3) is 10.2 Å². The predicted molar refractivity (Wildman–Crippen MR) is 76.4 cm³/mol. The van der Waals surface area contributed by atoms with Crippen LogP contribution in [0.5, 0.6) is 0 Å². The number of hydrogen-bond acceptors (Lipinski definition) is 7. The molecule has 0 fully saturated rings. The van der Waals surface area contributed by atoms with E-state index in [1.54, 1.807) is 16.7 Å². The lowest BCUT2D eigenvalue weighted by Gasteiger charge is -2.01. The lowest BCUT2D eigenvalue weighted by molar-refractivity contribution is 0.0595. The molecule has 2 heterocycles. The Balaban J connectivity index is 1.83. The number of fused-ring (bicyclic) bond motifs is 1. The van der Waals surface area contributed by atoms with E-state index in [9.17, 15) is 4.79 Å². The van der Waals surface area contributed by atoms with Gasteiger partial charge in [-0.3, -0.25) is 0 Å². The van der Waals surface area contributed by atoms with E-state index in [2.05, 4.69) is 20.0 Å². The first-order valence-electron chi connectivity index (χ1n) is 5.40. The van der Waals surface area contributed by atoms with E-state index in [-0.39, 0.29) is 0 Å². The van der Waals surface area contributed by atoms with Crippen LogP contribution in [0.2, 0.25) is 0 Å². The second-order valence-electron chi connectivity index (χ2n) is 3.69. The number of thiazole rings is 2. The molecule has 0 radical (unpaired) electrons. The van der Waals surface area contributed by atoms with Gasteiger partial charge in [0, 0.05) is 11.1 Å². The molecule has 5 nitrogen and oxygen atoms in total. The highest BCUT2D eigenvalue weighted by atomic mass is 32.1. The molecule has 0 aliphatic rings. The number of methoxy groups -OCH3 is 1. The van der Waals surface area contributed by atoms with E-state index in [0.717, 1.165) is 15.9 Å². The Morgan fingerprint density at radius 3 is 3.11 bits per heavy atom. The normalized spacial score (nSPS) is 10.6. The number of nitrogens with zero attached hydrogens (tertiary/aromatic N) is 2. The molecule has 3 aromatic rings. The Hall–Kier alpha value is -1.99. The minimum absolute atomic E-state index is 0.314. The Kier molecular flexibility index (Phi) is 3.14. The van der Waals surface area contributed by atoms with E-state index in [0.29, 0.717) is 10.8 Å². The van der Waals surface area contributed by atoms with Crippen LogP contribution in [0.15, 0.2) is 29.1 Å². The largest absolute Gasteiger partial charge is 0.464 e. The number of esters is 1. The zero-order chi connectivity index (χ0) is 13.2. The molecule has 0 bridgehead atoms. The van der Waals surface area contributed by atoms with E-state index in [4.69, 9.17) is 0 Å². The molecule has 19 heavy (non-hydrogen) atoms. The van der Waals surface area contributed by atoms with Crippen LogP contribution in [0.4, 0.5) is 10.8 Å². The van der Waals surface area contributed by atoms with E-state index in [1.807, 2.05) is 23.7 Å². The van der Waals surface area contributed by atoms with E-state index in [1.165, 1.54) is 18.4 Å². The Morgan fingerprint density at radius 1 is 1.37 bits per heavy atom. The number of carbonyl (C=O) groups is 1. The molecular weight excluding hydrogens is 282 g/mol. The summed E-state index contributed by atoms with van der Waals surface area (Å²) in [6, 6.07) is 5.89. The topological polar surface area (TPSA) is 64.1 Å². The van der Waals surface area contributed by atoms with Gasteiger partial charge in [-0.1, -0.05) is 0 Å². The molecule has 0 atom stereocenters. The molecule has 96 valence electrons. The summed E-state index contributed by atoms with van der Waals surface area (Å²) in [6.45, 7) is 0. The molecule has 7 heteroatoms. The first kappa shape index (κ1) is 12.1. The second kappa shape index (κ2) is 4.94. The third kappa shape index (κ3) is 2.42. The SMILES string of the molecule is COC(=O)c1csc(Nc2ccc3ncsc3c2)n1.